The van der Waals surface area contributed by atoms with E-state index in [2.05, 4.69) is 39.0 Å². The first-order chi connectivity index (χ1) is 13.8. The molecule has 3 fully saturated rings. The Balaban J connectivity index is 1.19. The van der Waals surface area contributed by atoms with Gasteiger partial charge in [0, 0.05) is 45.0 Å². The lowest BCUT2D eigenvalue weighted by Crippen LogP contribution is -2.41. The van der Waals surface area contributed by atoms with Crippen LogP contribution in [0.2, 0.25) is 0 Å². The van der Waals surface area contributed by atoms with E-state index in [1.165, 1.54) is 70.6 Å². The van der Waals surface area contributed by atoms with Gasteiger partial charge >= 0.3 is 0 Å². The van der Waals surface area contributed by atoms with Crippen LogP contribution < -0.4 is 9.64 Å². The highest BCUT2D eigenvalue weighted by Crippen LogP contribution is 2.24. The Labute approximate surface area is 170 Å². The zero-order valence-electron chi connectivity index (χ0n) is 17.5. The van der Waals surface area contributed by atoms with Crippen molar-refractivity contribution in [2.45, 2.75) is 25.7 Å². The number of hydrogen-bond acceptors (Lipinski definition) is 5. The van der Waals surface area contributed by atoms with E-state index >= 15 is 0 Å². The standard InChI is InChI=1S/C23H37N3O2/c1-27-23-5-3-22(4-6-23)26-11-2-10-24(14-15-26)17-20-7-12-25(13-8-20)18-21-9-16-28-19-21/h3-6,20-21H,2,7-19H2,1H3/t21-/m1/s1. The topological polar surface area (TPSA) is 28.2 Å². The number of hydrogen-bond donors (Lipinski definition) is 0. The van der Waals surface area contributed by atoms with Crippen LogP contribution in [-0.4, -0.2) is 82.5 Å². The summed E-state index contributed by atoms with van der Waals surface area (Å²) < 4.78 is 10.8. The van der Waals surface area contributed by atoms with Crippen LogP contribution in [0, 0.1) is 11.8 Å². The zero-order valence-corrected chi connectivity index (χ0v) is 17.5. The van der Waals surface area contributed by atoms with Gasteiger partial charge in [-0.3, -0.25) is 0 Å². The van der Waals surface area contributed by atoms with Gasteiger partial charge in [-0.05, 0) is 81.4 Å². The average Bonchev–Trinajstić information content (AvgIpc) is 3.14. The number of likely N-dealkylation sites (tertiary alicyclic amines) is 1. The molecule has 3 saturated heterocycles. The second kappa shape index (κ2) is 9.95. The van der Waals surface area contributed by atoms with Gasteiger partial charge in [0.15, 0.2) is 0 Å². The molecule has 0 saturated carbocycles. The Hall–Kier alpha value is -1.30. The fraction of sp³-hybridized carbons (Fsp3) is 0.739. The molecule has 3 aliphatic rings. The minimum Gasteiger partial charge on any atom is -0.497 e. The molecule has 0 aliphatic carbocycles. The van der Waals surface area contributed by atoms with Crippen molar-refractivity contribution in [1.82, 2.24) is 9.80 Å². The van der Waals surface area contributed by atoms with Crippen LogP contribution in [0.25, 0.3) is 0 Å². The first kappa shape index (κ1) is 20.0. The highest BCUT2D eigenvalue weighted by molar-refractivity contribution is 5.49. The molecule has 28 heavy (non-hydrogen) atoms. The van der Waals surface area contributed by atoms with Crippen LogP contribution in [0.3, 0.4) is 0 Å². The Morgan fingerprint density at radius 2 is 1.61 bits per heavy atom. The van der Waals surface area contributed by atoms with Gasteiger partial charge in [-0.25, -0.2) is 0 Å². The number of methoxy groups -OCH3 is 1. The third kappa shape index (κ3) is 5.40. The molecule has 4 rings (SSSR count). The van der Waals surface area contributed by atoms with Crippen LogP contribution in [0.5, 0.6) is 5.75 Å². The van der Waals surface area contributed by atoms with Crippen molar-refractivity contribution < 1.29 is 9.47 Å². The summed E-state index contributed by atoms with van der Waals surface area (Å²) in [5.41, 5.74) is 1.33. The first-order valence-electron chi connectivity index (χ1n) is 11.2. The molecule has 0 bridgehead atoms. The molecule has 5 heteroatoms. The number of ether oxygens (including phenoxy) is 2. The monoisotopic (exact) mass is 387 g/mol. The number of piperidine rings is 1. The summed E-state index contributed by atoms with van der Waals surface area (Å²) in [6.07, 6.45) is 5.25. The largest absolute Gasteiger partial charge is 0.497 e. The maximum absolute atomic E-state index is 5.54. The van der Waals surface area contributed by atoms with Crippen molar-refractivity contribution in [2.75, 3.05) is 77.6 Å². The predicted octanol–water partition coefficient (Wildman–Crippen LogP) is 2.96. The summed E-state index contributed by atoms with van der Waals surface area (Å²) in [4.78, 5) is 7.93. The molecule has 1 atom stereocenters. The van der Waals surface area contributed by atoms with E-state index in [1.807, 2.05) is 0 Å². The lowest BCUT2D eigenvalue weighted by atomic mass is 9.95. The van der Waals surface area contributed by atoms with E-state index in [-0.39, 0.29) is 0 Å². The van der Waals surface area contributed by atoms with Crippen LogP contribution in [0.15, 0.2) is 24.3 Å². The van der Waals surface area contributed by atoms with E-state index in [0.717, 1.165) is 43.9 Å². The van der Waals surface area contributed by atoms with Crippen molar-refractivity contribution in [3.8, 4) is 5.75 Å². The number of nitrogens with zero attached hydrogens (tertiary/aromatic N) is 3. The van der Waals surface area contributed by atoms with Crippen molar-refractivity contribution >= 4 is 5.69 Å². The van der Waals surface area contributed by atoms with Gasteiger partial charge < -0.3 is 24.2 Å². The van der Waals surface area contributed by atoms with Crippen LogP contribution >= 0.6 is 0 Å². The van der Waals surface area contributed by atoms with Gasteiger partial charge in [-0.1, -0.05) is 0 Å². The SMILES string of the molecule is COc1ccc(N2CCCN(CC3CCN(C[C@H]4CCOC4)CC3)CC2)cc1. The summed E-state index contributed by atoms with van der Waals surface area (Å²) in [6.45, 7) is 11.8. The number of anilines is 1. The van der Waals surface area contributed by atoms with Crippen LogP contribution in [0.4, 0.5) is 5.69 Å². The molecule has 1 aromatic carbocycles. The summed E-state index contributed by atoms with van der Waals surface area (Å²) in [5, 5.41) is 0. The molecule has 0 spiro atoms. The molecule has 0 unspecified atom stereocenters. The molecule has 3 heterocycles. The number of rotatable bonds is 6. The maximum atomic E-state index is 5.54. The Morgan fingerprint density at radius 1 is 0.857 bits per heavy atom. The third-order valence-electron chi connectivity index (χ3n) is 6.79. The molecule has 0 radical (unpaired) electrons. The van der Waals surface area contributed by atoms with Crippen molar-refractivity contribution in [2.24, 2.45) is 11.8 Å². The van der Waals surface area contributed by atoms with Crippen LogP contribution in [-0.2, 0) is 4.74 Å². The molecule has 5 nitrogen and oxygen atoms in total. The maximum Gasteiger partial charge on any atom is 0.119 e. The van der Waals surface area contributed by atoms with Gasteiger partial charge in [0.25, 0.3) is 0 Å². The summed E-state index contributed by atoms with van der Waals surface area (Å²) in [6, 6.07) is 8.53. The third-order valence-corrected chi connectivity index (χ3v) is 6.79. The van der Waals surface area contributed by atoms with Gasteiger partial charge in [0.2, 0.25) is 0 Å². The average molecular weight is 388 g/mol. The smallest absolute Gasteiger partial charge is 0.119 e. The van der Waals surface area contributed by atoms with Crippen molar-refractivity contribution in [1.29, 1.82) is 0 Å². The van der Waals surface area contributed by atoms with E-state index in [1.54, 1.807) is 7.11 Å². The minimum atomic E-state index is 0.783. The van der Waals surface area contributed by atoms with Gasteiger partial charge in [-0.2, -0.15) is 0 Å². The summed E-state index contributed by atoms with van der Waals surface area (Å²) in [5.74, 6) is 2.60. The Bertz CT molecular complexity index is 580. The van der Waals surface area contributed by atoms with Gasteiger partial charge in [-0.15, -0.1) is 0 Å². The molecule has 0 aromatic heterocycles. The normalized spacial score (nSPS) is 25.8. The summed E-state index contributed by atoms with van der Waals surface area (Å²) >= 11 is 0. The molecule has 3 aliphatic heterocycles. The second-order valence-corrected chi connectivity index (χ2v) is 8.81. The lowest BCUT2D eigenvalue weighted by molar-refractivity contribution is 0.123. The predicted molar refractivity (Wildman–Crippen MR) is 114 cm³/mol. The molecular formula is C23H37N3O2. The van der Waals surface area contributed by atoms with Gasteiger partial charge in [0.1, 0.15) is 5.75 Å². The Morgan fingerprint density at radius 3 is 2.32 bits per heavy atom. The molecule has 156 valence electrons. The molecule has 1 aromatic rings. The van der Waals surface area contributed by atoms with Crippen molar-refractivity contribution in [3.05, 3.63) is 24.3 Å². The van der Waals surface area contributed by atoms with E-state index in [4.69, 9.17) is 9.47 Å². The van der Waals surface area contributed by atoms with E-state index in [9.17, 15) is 0 Å². The van der Waals surface area contributed by atoms with Gasteiger partial charge in [0.05, 0.1) is 13.7 Å². The quantitative estimate of drug-likeness (QED) is 0.748. The molecular weight excluding hydrogens is 350 g/mol. The fourth-order valence-electron chi connectivity index (χ4n) is 5.01. The molecule has 0 amide bonds. The van der Waals surface area contributed by atoms with Crippen molar-refractivity contribution in [3.63, 3.8) is 0 Å². The Kier molecular flexibility index (Phi) is 7.10. The lowest BCUT2D eigenvalue weighted by Gasteiger charge is -2.35. The van der Waals surface area contributed by atoms with E-state index in [0.29, 0.717) is 0 Å². The highest BCUT2D eigenvalue weighted by atomic mass is 16.5. The minimum absolute atomic E-state index is 0.783. The highest BCUT2D eigenvalue weighted by Gasteiger charge is 2.25. The van der Waals surface area contributed by atoms with Crippen LogP contribution in [0.1, 0.15) is 25.7 Å². The fourth-order valence-corrected chi connectivity index (χ4v) is 5.01. The number of benzene rings is 1. The van der Waals surface area contributed by atoms with E-state index < -0.39 is 0 Å². The second-order valence-electron chi connectivity index (χ2n) is 8.81. The first-order valence-corrected chi connectivity index (χ1v) is 11.2. The summed E-state index contributed by atoms with van der Waals surface area (Å²) in [7, 11) is 1.73. The zero-order chi connectivity index (χ0) is 19.2. The molecule has 0 N–H and O–H groups in total.